The third-order valence-electron chi connectivity index (χ3n) is 5.21. The average molecular weight is 365 g/mol. The maximum atomic E-state index is 12.7. The molecule has 1 fully saturated rings. The number of carbonyl (C=O) groups excluding carboxylic acids is 1. The van der Waals surface area contributed by atoms with Gasteiger partial charge in [0, 0.05) is 22.9 Å². The molecule has 5 heteroatoms. The van der Waals surface area contributed by atoms with E-state index in [1.54, 1.807) is 0 Å². The third kappa shape index (κ3) is 4.18. The highest BCUT2D eigenvalue weighted by atomic mass is 35.5. The molecule has 3 unspecified atom stereocenters. The van der Waals surface area contributed by atoms with Crippen molar-refractivity contribution in [1.29, 1.82) is 0 Å². The second-order valence-electron chi connectivity index (χ2n) is 7.44. The van der Waals surface area contributed by atoms with Crippen molar-refractivity contribution in [2.75, 3.05) is 0 Å². The van der Waals surface area contributed by atoms with Crippen LogP contribution in [0.1, 0.15) is 56.9 Å². The van der Waals surface area contributed by atoms with Crippen molar-refractivity contribution in [3.05, 3.63) is 35.6 Å². The zero-order valence-electron chi connectivity index (χ0n) is 15.2. The fourth-order valence-electron chi connectivity index (χ4n) is 3.76. The van der Waals surface area contributed by atoms with Gasteiger partial charge < -0.3 is 15.5 Å². The van der Waals surface area contributed by atoms with Crippen molar-refractivity contribution in [3.63, 3.8) is 0 Å². The fourth-order valence-corrected chi connectivity index (χ4v) is 3.76. The Hall–Kier alpha value is -1.52. The van der Waals surface area contributed by atoms with Crippen LogP contribution in [0.5, 0.6) is 0 Å². The van der Waals surface area contributed by atoms with Crippen LogP contribution in [0.2, 0.25) is 0 Å². The van der Waals surface area contributed by atoms with Crippen LogP contribution in [0, 0.1) is 18.8 Å². The molecule has 0 spiro atoms. The van der Waals surface area contributed by atoms with Gasteiger partial charge in [-0.3, -0.25) is 4.79 Å². The number of rotatable bonds is 4. The number of para-hydroxylation sites is 1. The second-order valence-corrected chi connectivity index (χ2v) is 7.44. The summed E-state index contributed by atoms with van der Waals surface area (Å²) >= 11 is 0. The van der Waals surface area contributed by atoms with Crippen LogP contribution >= 0.6 is 12.4 Å². The first-order valence-corrected chi connectivity index (χ1v) is 9.01. The lowest BCUT2D eigenvalue weighted by molar-refractivity contribution is -0.127. The zero-order valence-corrected chi connectivity index (χ0v) is 16.1. The number of fused-ring (bicyclic) bond motifs is 1. The summed E-state index contributed by atoms with van der Waals surface area (Å²) in [6, 6.07) is 8.08. The van der Waals surface area contributed by atoms with E-state index in [-0.39, 0.29) is 42.2 Å². The number of nitrogens with one attached hydrogen (secondary N) is 1. The lowest BCUT2D eigenvalue weighted by Gasteiger charge is -2.29. The van der Waals surface area contributed by atoms with Gasteiger partial charge in [-0.15, -0.1) is 12.4 Å². The van der Waals surface area contributed by atoms with Crippen LogP contribution in [0.25, 0.3) is 11.0 Å². The lowest BCUT2D eigenvalue weighted by Crippen LogP contribution is -2.40. The monoisotopic (exact) mass is 364 g/mol. The van der Waals surface area contributed by atoms with Crippen LogP contribution in [0.15, 0.2) is 28.7 Å². The van der Waals surface area contributed by atoms with Crippen molar-refractivity contribution in [2.24, 2.45) is 17.6 Å². The summed E-state index contributed by atoms with van der Waals surface area (Å²) in [5.41, 5.74) is 8.04. The van der Waals surface area contributed by atoms with Gasteiger partial charge in [-0.2, -0.15) is 0 Å². The van der Waals surface area contributed by atoms with E-state index in [0.717, 1.165) is 48.0 Å². The Morgan fingerprint density at radius 2 is 2.00 bits per heavy atom. The Balaban J connectivity index is 0.00000225. The molecule has 1 saturated carbocycles. The Morgan fingerprint density at radius 1 is 1.28 bits per heavy atom. The molecule has 138 valence electrons. The number of benzene rings is 1. The molecular weight excluding hydrogens is 336 g/mol. The molecule has 1 amide bonds. The molecule has 3 atom stereocenters. The number of nitrogens with two attached hydrogens (primary N) is 1. The molecule has 1 aliphatic rings. The van der Waals surface area contributed by atoms with Gasteiger partial charge in [0.05, 0.1) is 6.04 Å². The molecule has 1 aliphatic carbocycles. The standard InChI is InChI=1S/C20H28N2O2.ClH/c1-12(2)18(22-20(23)14-7-6-8-15(21)11-14)19-13(3)16-9-4-5-10-17(16)24-19;/h4-5,9-10,12,14-15,18H,6-8,11,21H2,1-3H3,(H,22,23);1H. The summed E-state index contributed by atoms with van der Waals surface area (Å²) in [5.74, 6) is 1.27. The van der Waals surface area contributed by atoms with Crippen LogP contribution in [0.3, 0.4) is 0 Å². The average Bonchev–Trinajstić information content (AvgIpc) is 2.89. The van der Waals surface area contributed by atoms with E-state index in [1.807, 2.05) is 18.2 Å². The molecule has 4 nitrogen and oxygen atoms in total. The zero-order chi connectivity index (χ0) is 17.3. The first-order valence-electron chi connectivity index (χ1n) is 9.01. The normalized spacial score (nSPS) is 21.8. The molecule has 3 N–H and O–H groups in total. The van der Waals surface area contributed by atoms with Gasteiger partial charge in [0.2, 0.25) is 5.91 Å². The number of hydrogen-bond donors (Lipinski definition) is 2. The molecule has 3 rings (SSSR count). The van der Waals surface area contributed by atoms with Gasteiger partial charge in [-0.1, -0.05) is 38.5 Å². The van der Waals surface area contributed by atoms with Crippen LogP contribution in [-0.2, 0) is 4.79 Å². The molecule has 25 heavy (non-hydrogen) atoms. The van der Waals surface area contributed by atoms with Crippen LogP contribution in [-0.4, -0.2) is 11.9 Å². The summed E-state index contributed by atoms with van der Waals surface area (Å²) in [5, 5.41) is 4.35. The molecule has 0 radical (unpaired) electrons. The number of amides is 1. The maximum absolute atomic E-state index is 12.7. The molecule has 0 bridgehead atoms. The molecule has 1 aromatic heterocycles. The molecule has 2 aromatic rings. The summed E-state index contributed by atoms with van der Waals surface area (Å²) < 4.78 is 6.09. The molecule has 0 saturated heterocycles. The van der Waals surface area contributed by atoms with Crippen LogP contribution < -0.4 is 11.1 Å². The van der Waals surface area contributed by atoms with Gasteiger partial charge >= 0.3 is 0 Å². The van der Waals surface area contributed by atoms with Crippen molar-refractivity contribution in [3.8, 4) is 0 Å². The summed E-state index contributed by atoms with van der Waals surface area (Å²) in [4.78, 5) is 12.7. The summed E-state index contributed by atoms with van der Waals surface area (Å²) in [6.45, 7) is 6.30. The quantitative estimate of drug-likeness (QED) is 0.839. The SMILES string of the molecule is Cc1c(C(NC(=O)C2CCCC(N)C2)C(C)C)oc2ccccc12.Cl. The van der Waals surface area contributed by atoms with Gasteiger partial charge in [0.1, 0.15) is 11.3 Å². The van der Waals surface area contributed by atoms with E-state index in [2.05, 4.69) is 32.2 Å². The molecule has 1 heterocycles. The van der Waals surface area contributed by atoms with Crippen molar-refractivity contribution < 1.29 is 9.21 Å². The minimum Gasteiger partial charge on any atom is -0.459 e. The second kappa shape index (κ2) is 8.24. The highest BCUT2D eigenvalue weighted by Crippen LogP contribution is 2.33. The molecule has 0 aliphatic heterocycles. The van der Waals surface area contributed by atoms with E-state index in [0.29, 0.717) is 0 Å². The summed E-state index contributed by atoms with van der Waals surface area (Å²) in [7, 11) is 0. The van der Waals surface area contributed by atoms with Crippen LogP contribution in [0.4, 0.5) is 0 Å². The Bertz CT molecular complexity index is 726. The van der Waals surface area contributed by atoms with Crippen molar-refractivity contribution in [1.82, 2.24) is 5.32 Å². The number of halogens is 1. The Labute approximate surface area is 155 Å². The lowest BCUT2D eigenvalue weighted by atomic mass is 9.85. The summed E-state index contributed by atoms with van der Waals surface area (Å²) in [6.07, 6.45) is 3.79. The van der Waals surface area contributed by atoms with E-state index in [4.69, 9.17) is 10.2 Å². The number of aryl methyl sites for hydroxylation is 1. The smallest absolute Gasteiger partial charge is 0.223 e. The Kier molecular flexibility index (Phi) is 6.53. The number of furan rings is 1. The van der Waals surface area contributed by atoms with E-state index >= 15 is 0 Å². The number of hydrogen-bond acceptors (Lipinski definition) is 3. The van der Waals surface area contributed by atoms with Gasteiger partial charge in [0.25, 0.3) is 0 Å². The highest BCUT2D eigenvalue weighted by molar-refractivity contribution is 5.85. The van der Waals surface area contributed by atoms with E-state index < -0.39 is 0 Å². The van der Waals surface area contributed by atoms with Gasteiger partial charge in [-0.05, 0) is 38.2 Å². The predicted octanol–water partition coefficient (Wildman–Crippen LogP) is 4.49. The largest absolute Gasteiger partial charge is 0.459 e. The minimum absolute atomic E-state index is 0. The molecular formula is C20H29ClN2O2. The molecule has 1 aromatic carbocycles. The maximum Gasteiger partial charge on any atom is 0.223 e. The third-order valence-corrected chi connectivity index (χ3v) is 5.21. The highest BCUT2D eigenvalue weighted by Gasteiger charge is 2.30. The van der Waals surface area contributed by atoms with Gasteiger partial charge in [-0.25, -0.2) is 0 Å². The first kappa shape index (κ1) is 19.8. The van der Waals surface area contributed by atoms with Crippen molar-refractivity contribution in [2.45, 2.75) is 58.5 Å². The topological polar surface area (TPSA) is 68.3 Å². The van der Waals surface area contributed by atoms with Gasteiger partial charge in [0.15, 0.2) is 0 Å². The Morgan fingerprint density at radius 3 is 2.64 bits per heavy atom. The number of carbonyl (C=O) groups is 1. The van der Waals surface area contributed by atoms with Crippen molar-refractivity contribution >= 4 is 29.3 Å². The van der Waals surface area contributed by atoms with E-state index in [1.165, 1.54) is 0 Å². The first-order chi connectivity index (χ1) is 11.5. The predicted molar refractivity (Wildman–Crippen MR) is 104 cm³/mol. The minimum atomic E-state index is -0.108. The fraction of sp³-hybridized carbons (Fsp3) is 0.550. The van der Waals surface area contributed by atoms with E-state index in [9.17, 15) is 4.79 Å².